The summed E-state index contributed by atoms with van der Waals surface area (Å²) in [4.78, 5) is 18.8. The van der Waals surface area contributed by atoms with Crippen molar-refractivity contribution < 1.29 is 4.79 Å². The number of nitrogens with zero attached hydrogens (tertiary/aromatic N) is 2. The number of fused-ring (bicyclic) bond motifs is 1. The number of carbonyl (C=O) groups excluding carboxylic acids is 1. The van der Waals surface area contributed by atoms with Crippen LogP contribution in [0, 0.1) is 13.8 Å². The van der Waals surface area contributed by atoms with E-state index in [0.717, 1.165) is 15.1 Å². The van der Waals surface area contributed by atoms with E-state index >= 15 is 0 Å². The van der Waals surface area contributed by atoms with Gasteiger partial charge in [-0.3, -0.25) is 4.79 Å². The molecule has 3 aromatic rings. The molecule has 5 heteroatoms. The highest BCUT2D eigenvalue weighted by Crippen LogP contribution is 2.22. The quantitative estimate of drug-likeness (QED) is 0.481. The first kappa shape index (κ1) is 17.7. The zero-order valence-corrected chi connectivity index (χ0v) is 16.2. The SMILES string of the molecule is C=CCn1c(=NC(=O)c2cccc(SC)c2)sc2cc(C)c(C)cc21. The third-order valence-corrected chi connectivity index (χ3v) is 5.89. The Morgan fingerprint density at radius 3 is 2.76 bits per heavy atom. The Kier molecular flexibility index (Phi) is 5.25. The summed E-state index contributed by atoms with van der Waals surface area (Å²) in [5.41, 5.74) is 4.18. The van der Waals surface area contributed by atoms with Gasteiger partial charge in [-0.2, -0.15) is 4.99 Å². The van der Waals surface area contributed by atoms with Gasteiger partial charge in [-0.25, -0.2) is 0 Å². The molecule has 2 aromatic carbocycles. The van der Waals surface area contributed by atoms with E-state index in [1.54, 1.807) is 23.1 Å². The van der Waals surface area contributed by atoms with Crippen molar-refractivity contribution in [3.8, 4) is 0 Å². The number of hydrogen-bond acceptors (Lipinski definition) is 3. The number of thiazole rings is 1. The Labute approximate surface area is 155 Å². The molecule has 0 aliphatic rings. The smallest absolute Gasteiger partial charge is 0.279 e. The standard InChI is InChI=1S/C20H20N2OS2/c1-5-9-22-17-10-13(2)14(3)11-18(17)25-20(22)21-19(23)15-7-6-8-16(12-15)24-4/h5-8,10-12H,1,9H2,2-4H3. The molecule has 0 aliphatic carbocycles. The molecule has 0 saturated heterocycles. The molecule has 1 aromatic heterocycles. The summed E-state index contributed by atoms with van der Waals surface area (Å²) < 4.78 is 3.19. The van der Waals surface area contributed by atoms with E-state index in [0.29, 0.717) is 16.9 Å². The maximum absolute atomic E-state index is 12.6. The van der Waals surface area contributed by atoms with Gasteiger partial charge in [-0.15, -0.1) is 18.3 Å². The molecule has 0 fully saturated rings. The van der Waals surface area contributed by atoms with Crippen LogP contribution in [0.3, 0.4) is 0 Å². The number of allylic oxidation sites excluding steroid dienone is 1. The predicted octanol–water partition coefficient (Wildman–Crippen LogP) is 4.97. The average Bonchev–Trinajstić information content (AvgIpc) is 2.92. The van der Waals surface area contributed by atoms with Gasteiger partial charge in [0.1, 0.15) is 0 Å². The van der Waals surface area contributed by atoms with Gasteiger partial charge in [-0.1, -0.05) is 23.5 Å². The van der Waals surface area contributed by atoms with Crippen molar-refractivity contribution in [3.63, 3.8) is 0 Å². The van der Waals surface area contributed by atoms with Crippen LogP contribution in [0.25, 0.3) is 10.2 Å². The Bertz CT molecular complexity index is 1030. The molecule has 25 heavy (non-hydrogen) atoms. The monoisotopic (exact) mass is 368 g/mol. The Balaban J connectivity index is 2.15. The van der Waals surface area contributed by atoms with Crippen molar-refractivity contribution >= 4 is 39.2 Å². The highest BCUT2D eigenvalue weighted by Gasteiger charge is 2.10. The lowest BCUT2D eigenvalue weighted by atomic mass is 10.1. The maximum Gasteiger partial charge on any atom is 0.279 e. The first-order valence-corrected chi connectivity index (χ1v) is 10.0. The number of benzene rings is 2. The number of aromatic nitrogens is 1. The molecule has 0 unspecified atom stereocenters. The first-order valence-electron chi connectivity index (χ1n) is 7.98. The van der Waals surface area contributed by atoms with E-state index in [-0.39, 0.29) is 5.91 Å². The molecule has 0 spiro atoms. The average molecular weight is 369 g/mol. The minimum absolute atomic E-state index is 0.214. The number of thioether (sulfide) groups is 1. The topological polar surface area (TPSA) is 34.4 Å². The third kappa shape index (κ3) is 3.62. The van der Waals surface area contributed by atoms with Crippen molar-refractivity contribution in [2.75, 3.05) is 6.26 Å². The second kappa shape index (κ2) is 7.42. The molecule has 0 bridgehead atoms. The van der Waals surface area contributed by atoms with Crippen LogP contribution in [-0.2, 0) is 6.54 Å². The zero-order chi connectivity index (χ0) is 18.0. The first-order chi connectivity index (χ1) is 12.0. The highest BCUT2D eigenvalue weighted by molar-refractivity contribution is 7.98. The van der Waals surface area contributed by atoms with E-state index in [9.17, 15) is 4.79 Å². The lowest BCUT2D eigenvalue weighted by Gasteiger charge is -2.04. The molecule has 1 amide bonds. The van der Waals surface area contributed by atoms with E-state index in [4.69, 9.17) is 0 Å². The van der Waals surface area contributed by atoms with Crippen LogP contribution in [0.2, 0.25) is 0 Å². The number of amides is 1. The molecule has 0 aliphatic heterocycles. The fourth-order valence-electron chi connectivity index (χ4n) is 2.62. The Hall–Kier alpha value is -2.11. The third-order valence-electron chi connectivity index (χ3n) is 4.12. The van der Waals surface area contributed by atoms with Gasteiger partial charge in [0.15, 0.2) is 4.80 Å². The van der Waals surface area contributed by atoms with Gasteiger partial charge in [0.2, 0.25) is 0 Å². The van der Waals surface area contributed by atoms with Crippen LogP contribution in [0.5, 0.6) is 0 Å². The largest absolute Gasteiger partial charge is 0.312 e. The summed E-state index contributed by atoms with van der Waals surface area (Å²) in [7, 11) is 0. The molecule has 0 N–H and O–H groups in total. The van der Waals surface area contributed by atoms with Crippen LogP contribution < -0.4 is 4.80 Å². The summed E-state index contributed by atoms with van der Waals surface area (Å²) in [5.74, 6) is -0.214. The minimum atomic E-state index is -0.214. The van der Waals surface area contributed by atoms with Crippen LogP contribution in [0.1, 0.15) is 21.5 Å². The molecule has 128 valence electrons. The Morgan fingerprint density at radius 2 is 2.04 bits per heavy atom. The van der Waals surface area contributed by atoms with Gasteiger partial charge in [0, 0.05) is 17.0 Å². The molecule has 1 heterocycles. The Morgan fingerprint density at radius 1 is 1.28 bits per heavy atom. The summed E-state index contributed by atoms with van der Waals surface area (Å²) in [6.45, 7) is 8.66. The van der Waals surface area contributed by atoms with E-state index in [2.05, 4.69) is 42.1 Å². The van der Waals surface area contributed by atoms with Gasteiger partial charge >= 0.3 is 0 Å². The number of hydrogen-bond donors (Lipinski definition) is 0. The van der Waals surface area contributed by atoms with Gasteiger partial charge < -0.3 is 4.57 Å². The normalized spacial score (nSPS) is 11.9. The zero-order valence-electron chi connectivity index (χ0n) is 14.6. The summed E-state index contributed by atoms with van der Waals surface area (Å²) in [6, 6.07) is 11.9. The lowest BCUT2D eigenvalue weighted by Crippen LogP contribution is -2.16. The molecular weight excluding hydrogens is 348 g/mol. The van der Waals surface area contributed by atoms with Crippen molar-refractivity contribution in [2.45, 2.75) is 25.3 Å². The fourth-order valence-corrected chi connectivity index (χ4v) is 4.20. The van der Waals surface area contributed by atoms with Gasteiger partial charge in [-0.05, 0) is 61.6 Å². The number of carbonyl (C=O) groups is 1. The summed E-state index contributed by atoms with van der Waals surface area (Å²) >= 11 is 3.16. The predicted molar refractivity (Wildman–Crippen MR) is 108 cm³/mol. The second-order valence-electron chi connectivity index (χ2n) is 5.84. The van der Waals surface area contributed by atoms with Crippen molar-refractivity contribution in [3.05, 3.63) is 70.5 Å². The van der Waals surface area contributed by atoms with Gasteiger partial charge in [0.25, 0.3) is 5.91 Å². The van der Waals surface area contributed by atoms with Crippen LogP contribution in [0.15, 0.2) is 58.9 Å². The second-order valence-corrected chi connectivity index (χ2v) is 7.73. The molecule has 3 nitrogen and oxygen atoms in total. The van der Waals surface area contributed by atoms with Crippen molar-refractivity contribution in [1.82, 2.24) is 4.57 Å². The van der Waals surface area contributed by atoms with E-state index in [1.165, 1.54) is 11.1 Å². The van der Waals surface area contributed by atoms with E-state index in [1.807, 2.05) is 36.6 Å². The molecule has 0 atom stereocenters. The fraction of sp³-hybridized carbons (Fsp3) is 0.200. The lowest BCUT2D eigenvalue weighted by molar-refractivity contribution is 0.0997. The minimum Gasteiger partial charge on any atom is -0.312 e. The van der Waals surface area contributed by atoms with Crippen LogP contribution in [0.4, 0.5) is 0 Å². The highest BCUT2D eigenvalue weighted by atomic mass is 32.2. The van der Waals surface area contributed by atoms with Gasteiger partial charge in [0.05, 0.1) is 10.2 Å². The maximum atomic E-state index is 12.6. The summed E-state index contributed by atoms with van der Waals surface area (Å²) in [6.07, 6.45) is 3.83. The summed E-state index contributed by atoms with van der Waals surface area (Å²) in [5, 5.41) is 0. The van der Waals surface area contributed by atoms with Crippen molar-refractivity contribution in [2.24, 2.45) is 4.99 Å². The number of rotatable bonds is 4. The molecular formula is C20H20N2OS2. The molecule has 3 rings (SSSR count). The molecule has 0 radical (unpaired) electrons. The van der Waals surface area contributed by atoms with E-state index < -0.39 is 0 Å². The van der Waals surface area contributed by atoms with Crippen LogP contribution >= 0.6 is 23.1 Å². The molecule has 0 saturated carbocycles. The van der Waals surface area contributed by atoms with Crippen molar-refractivity contribution in [1.29, 1.82) is 0 Å². The van der Waals surface area contributed by atoms with Crippen LogP contribution in [-0.4, -0.2) is 16.7 Å². The number of aryl methyl sites for hydroxylation is 2.